The molecule has 1 N–H and O–H groups in total. The molecule has 0 radical (unpaired) electrons. The van der Waals surface area contributed by atoms with Crippen LogP contribution in [0.15, 0.2) is 29.2 Å². The van der Waals surface area contributed by atoms with Gasteiger partial charge in [-0.25, -0.2) is 13.2 Å². The number of ether oxygens (including phenoxy) is 1. The van der Waals surface area contributed by atoms with E-state index in [2.05, 4.69) is 5.32 Å². The fraction of sp³-hybridized carbons (Fsp3) is 0.611. The highest BCUT2D eigenvalue weighted by Gasteiger charge is 2.27. The van der Waals surface area contributed by atoms with Crippen molar-refractivity contribution in [3.8, 4) is 0 Å². The summed E-state index contributed by atoms with van der Waals surface area (Å²) in [7, 11) is -3.22. The Labute approximate surface area is 150 Å². The topological polar surface area (TPSA) is 75.7 Å². The van der Waals surface area contributed by atoms with Gasteiger partial charge >= 0.3 is 6.09 Å². The lowest BCUT2D eigenvalue weighted by Crippen LogP contribution is -2.44. The van der Waals surface area contributed by atoms with Crippen molar-refractivity contribution >= 4 is 21.6 Å². The standard InChI is InChI=1S/C18H28N2O4S/c1-18(2,3)24-17(21)20-10-6-7-14(13-20)12-19-15-8-5-9-16(11-15)25(4,22)23/h5,8-9,11,14,19H,6-7,10,12-13H2,1-4H3. The van der Waals surface area contributed by atoms with E-state index in [0.717, 1.165) is 25.1 Å². The molecule has 140 valence electrons. The van der Waals surface area contributed by atoms with Crippen LogP contribution in [0, 0.1) is 5.92 Å². The van der Waals surface area contributed by atoms with Crippen molar-refractivity contribution < 1.29 is 17.9 Å². The largest absolute Gasteiger partial charge is 0.444 e. The third-order valence-electron chi connectivity index (χ3n) is 4.03. The van der Waals surface area contributed by atoms with Gasteiger partial charge in [-0.3, -0.25) is 0 Å². The minimum Gasteiger partial charge on any atom is -0.444 e. The Morgan fingerprint density at radius 1 is 1.36 bits per heavy atom. The van der Waals surface area contributed by atoms with Gasteiger partial charge in [-0.05, 0) is 57.7 Å². The maximum atomic E-state index is 12.2. The first-order valence-electron chi connectivity index (χ1n) is 8.56. The lowest BCUT2D eigenvalue weighted by atomic mass is 9.98. The number of likely N-dealkylation sites (tertiary alicyclic amines) is 1. The monoisotopic (exact) mass is 368 g/mol. The van der Waals surface area contributed by atoms with Crippen LogP contribution in [0.2, 0.25) is 0 Å². The number of sulfone groups is 1. The van der Waals surface area contributed by atoms with Gasteiger partial charge in [0, 0.05) is 31.6 Å². The average molecular weight is 368 g/mol. The van der Waals surface area contributed by atoms with Crippen LogP contribution < -0.4 is 5.32 Å². The second kappa shape index (κ2) is 7.64. The van der Waals surface area contributed by atoms with Gasteiger partial charge in [0.25, 0.3) is 0 Å². The van der Waals surface area contributed by atoms with E-state index in [-0.39, 0.29) is 6.09 Å². The van der Waals surface area contributed by atoms with Gasteiger partial charge in [-0.2, -0.15) is 0 Å². The molecule has 2 rings (SSSR count). The van der Waals surface area contributed by atoms with E-state index in [0.29, 0.717) is 23.9 Å². The highest BCUT2D eigenvalue weighted by atomic mass is 32.2. The Balaban J connectivity index is 1.92. The molecule has 0 saturated carbocycles. The Hall–Kier alpha value is -1.76. The van der Waals surface area contributed by atoms with E-state index < -0.39 is 15.4 Å². The quantitative estimate of drug-likeness (QED) is 0.883. The van der Waals surface area contributed by atoms with Crippen molar-refractivity contribution in [3.63, 3.8) is 0 Å². The first kappa shape index (κ1) is 19.6. The number of carbonyl (C=O) groups is 1. The number of benzene rings is 1. The van der Waals surface area contributed by atoms with E-state index in [4.69, 9.17) is 4.74 Å². The minimum atomic E-state index is -3.22. The normalized spacial score (nSPS) is 18.7. The molecule has 0 bridgehead atoms. The highest BCUT2D eigenvalue weighted by Crippen LogP contribution is 2.21. The lowest BCUT2D eigenvalue weighted by molar-refractivity contribution is 0.0172. The molecule has 1 aliphatic rings. The molecule has 7 heteroatoms. The van der Waals surface area contributed by atoms with Crippen molar-refractivity contribution in [2.75, 3.05) is 31.2 Å². The summed E-state index contributed by atoms with van der Waals surface area (Å²) < 4.78 is 28.7. The molecular weight excluding hydrogens is 340 g/mol. The van der Waals surface area contributed by atoms with Crippen molar-refractivity contribution in [1.29, 1.82) is 0 Å². The molecule has 1 aliphatic heterocycles. The van der Waals surface area contributed by atoms with Crippen LogP contribution in [0.5, 0.6) is 0 Å². The predicted molar refractivity (Wildman–Crippen MR) is 98.6 cm³/mol. The lowest BCUT2D eigenvalue weighted by Gasteiger charge is -2.34. The number of rotatable bonds is 4. The number of nitrogens with one attached hydrogen (secondary N) is 1. The van der Waals surface area contributed by atoms with Crippen LogP contribution in [0.25, 0.3) is 0 Å². The SMILES string of the molecule is CC(C)(C)OC(=O)N1CCCC(CNc2cccc(S(C)(=O)=O)c2)C1. The summed E-state index contributed by atoms with van der Waals surface area (Å²) in [5.41, 5.74) is 0.284. The summed E-state index contributed by atoms with van der Waals surface area (Å²) in [4.78, 5) is 14.3. The number of hydrogen-bond acceptors (Lipinski definition) is 5. The molecule has 0 aromatic heterocycles. The molecular formula is C18H28N2O4S. The maximum Gasteiger partial charge on any atom is 0.410 e. The maximum absolute atomic E-state index is 12.2. The van der Waals surface area contributed by atoms with Crippen LogP contribution in [0.4, 0.5) is 10.5 Å². The zero-order valence-corrected chi connectivity index (χ0v) is 16.2. The van der Waals surface area contributed by atoms with Crippen LogP contribution in [0.1, 0.15) is 33.6 Å². The molecule has 6 nitrogen and oxygen atoms in total. The number of piperidine rings is 1. The molecule has 1 atom stereocenters. The first-order valence-corrected chi connectivity index (χ1v) is 10.5. The predicted octanol–water partition coefficient (Wildman–Crippen LogP) is 3.15. The molecule has 25 heavy (non-hydrogen) atoms. The van der Waals surface area contributed by atoms with Gasteiger partial charge < -0.3 is 15.0 Å². The van der Waals surface area contributed by atoms with Crippen LogP contribution in [-0.4, -0.2) is 50.9 Å². The second-order valence-corrected chi connectivity index (χ2v) is 9.63. The summed E-state index contributed by atoms with van der Waals surface area (Å²) in [6.07, 6.45) is 2.90. The number of amides is 1. The van der Waals surface area contributed by atoms with Gasteiger partial charge in [0.1, 0.15) is 5.60 Å². The van der Waals surface area contributed by atoms with Crippen molar-refractivity contribution in [1.82, 2.24) is 4.90 Å². The summed E-state index contributed by atoms with van der Waals surface area (Å²) >= 11 is 0. The van der Waals surface area contributed by atoms with Crippen LogP contribution >= 0.6 is 0 Å². The van der Waals surface area contributed by atoms with E-state index >= 15 is 0 Å². The number of hydrogen-bond donors (Lipinski definition) is 1. The van der Waals surface area contributed by atoms with Crippen LogP contribution in [0.3, 0.4) is 0 Å². The number of nitrogens with zero attached hydrogens (tertiary/aromatic N) is 1. The van der Waals surface area contributed by atoms with Gasteiger partial charge in [-0.15, -0.1) is 0 Å². The minimum absolute atomic E-state index is 0.267. The van der Waals surface area contributed by atoms with Crippen molar-refractivity contribution in [3.05, 3.63) is 24.3 Å². The fourth-order valence-corrected chi connectivity index (χ4v) is 3.49. The Morgan fingerprint density at radius 2 is 2.08 bits per heavy atom. The van der Waals surface area contributed by atoms with Gasteiger partial charge in [0.05, 0.1) is 4.90 Å². The number of carbonyl (C=O) groups excluding carboxylic acids is 1. The molecule has 0 spiro atoms. The number of anilines is 1. The molecule has 1 heterocycles. The van der Waals surface area contributed by atoms with Gasteiger partial charge in [0.2, 0.25) is 0 Å². The van der Waals surface area contributed by atoms with E-state index in [9.17, 15) is 13.2 Å². The smallest absolute Gasteiger partial charge is 0.410 e. The van der Waals surface area contributed by atoms with Gasteiger partial charge in [-0.1, -0.05) is 6.07 Å². The van der Waals surface area contributed by atoms with Crippen LogP contribution in [-0.2, 0) is 14.6 Å². The molecule has 1 aromatic carbocycles. The van der Waals surface area contributed by atoms with Crippen molar-refractivity contribution in [2.24, 2.45) is 5.92 Å². The first-order chi connectivity index (χ1) is 11.5. The summed E-state index contributed by atoms with van der Waals surface area (Å²) in [6, 6.07) is 6.81. The third kappa shape index (κ3) is 6.23. The second-order valence-electron chi connectivity index (χ2n) is 7.62. The Morgan fingerprint density at radius 3 is 2.72 bits per heavy atom. The summed E-state index contributed by atoms with van der Waals surface area (Å²) in [5, 5.41) is 3.29. The molecule has 0 aliphatic carbocycles. The summed E-state index contributed by atoms with van der Waals surface area (Å²) in [5.74, 6) is 0.308. The van der Waals surface area contributed by atoms with Gasteiger partial charge in [0.15, 0.2) is 9.84 Å². The average Bonchev–Trinajstić information content (AvgIpc) is 2.51. The Kier molecular flexibility index (Phi) is 5.98. The zero-order valence-electron chi connectivity index (χ0n) is 15.4. The molecule has 1 fully saturated rings. The van der Waals surface area contributed by atoms with E-state index in [1.165, 1.54) is 6.26 Å². The molecule has 1 saturated heterocycles. The van der Waals surface area contributed by atoms with E-state index in [1.54, 1.807) is 23.1 Å². The zero-order chi connectivity index (χ0) is 18.7. The van der Waals surface area contributed by atoms with E-state index in [1.807, 2.05) is 26.8 Å². The Bertz CT molecular complexity index is 710. The fourth-order valence-electron chi connectivity index (χ4n) is 2.82. The third-order valence-corrected chi connectivity index (χ3v) is 5.14. The molecule has 1 amide bonds. The molecule has 1 unspecified atom stereocenters. The molecule has 1 aromatic rings. The highest BCUT2D eigenvalue weighted by molar-refractivity contribution is 7.90. The van der Waals surface area contributed by atoms with Crippen molar-refractivity contribution in [2.45, 2.75) is 44.1 Å². The summed E-state index contributed by atoms with van der Waals surface area (Å²) in [6.45, 7) is 7.64.